The van der Waals surface area contributed by atoms with E-state index < -0.39 is 0 Å². The highest BCUT2D eigenvalue weighted by molar-refractivity contribution is 7.26. The lowest BCUT2D eigenvalue weighted by Gasteiger charge is -2.26. The van der Waals surface area contributed by atoms with Crippen molar-refractivity contribution in [2.24, 2.45) is 0 Å². The van der Waals surface area contributed by atoms with Gasteiger partial charge in [0, 0.05) is 37.2 Å². The Morgan fingerprint density at radius 3 is 1.39 bits per heavy atom. The van der Waals surface area contributed by atoms with Crippen LogP contribution in [0.3, 0.4) is 0 Å². The van der Waals surface area contributed by atoms with Gasteiger partial charge in [0.25, 0.3) is 0 Å². The predicted molar refractivity (Wildman–Crippen MR) is 233 cm³/mol. The number of nitrogens with zero attached hydrogens (tertiary/aromatic N) is 1. The first-order valence-electron chi connectivity index (χ1n) is 18.4. The monoisotopic (exact) mass is 705 g/mol. The minimum absolute atomic E-state index is 1.10. The summed E-state index contributed by atoms with van der Waals surface area (Å²) in [6.45, 7) is 0. The average molecular weight is 706 g/mol. The summed E-state index contributed by atoms with van der Waals surface area (Å²) in [4.78, 5) is 2.36. The van der Waals surface area contributed by atoms with Crippen molar-refractivity contribution in [3.8, 4) is 44.5 Å². The standard InChI is InChI=1S/C52H35NS/c1-3-12-36(13-4-1)38-22-28-42(29-23-38)53(43-30-24-39(25-31-43)37-14-5-2-6-15-37)44-32-26-41(27-33-44)46-34-35-50-52(48-19-9-10-21-49(48)54-50)51(46)47-20-11-17-40-16-7-8-18-45(40)47/h1-35H. The number of rotatable bonds is 7. The second-order valence-corrected chi connectivity index (χ2v) is 14.8. The molecule has 0 radical (unpaired) electrons. The fourth-order valence-corrected chi connectivity index (χ4v) is 9.00. The third kappa shape index (κ3) is 5.74. The lowest BCUT2D eigenvalue weighted by atomic mass is 9.88. The smallest absolute Gasteiger partial charge is 0.0462 e. The first kappa shape index (κ1) is 32.0. The predicted octanol–water partition coefficient (Wildman–Crippen LogP) is 15.3. The maximum Gasteiger partial charge on any atom is 0.0462 e. The average Bonchev–Trinajstić information content (AvgIpc) is 3.64. The fourth-order valence-electron chi connectivity index (χ4n) is 7.88. The Bertz CT molecular complexity index is 2800. The molecule has 0 spiro atoms. The van der Waals surface area contributed by atoms with E-state index in [0.717, 1.165) is 17.1 Å². The van der Waals surface area contributed by atoms with Crippen molar-refractivity contribution in [2.45, 2.75) is 0 Å². The Labute approximate surface area is 319 Å². The van der Waals surface area contributed by atoms with Crippen molar-refractivity contribution in [1.82, 2.24) is 0 Å². The molecule has 0 unspecified atom stereocenters. The molecular weight excluding hydrogens is 671 g/mol. The van der Waals surface area contributed by atoms with Gasteiger partial charge in [-0.25, -0.2) is 0 Å². The van der Waals surface area contributed by atoms with Gasteiger partial charge in [-0.05, 0) is 104 Å². The summed E-state index contributed by atoms with van der Waals surface area (Å²) in [5, 5.41) is 5.15. The highest BCUT2D eigenvalue weighted by atomic mass is 32.1. The van der Waals surface area contributed by atoms with Gasteiger partial charge in [0.2, 0.25) is 0 Å². The van der Waals surface area contributed by atoms with E-state index in [4.69, 9.17) is 0 Å². The van der Waals surface area contributed by atoms with E-state index in [0.29, 0.717) is 0 Å². The number of benzene rings is 9. The highest BCUT2D eigenvalue weighted by Crippen LogP contribution is 2.47. The molecule has 0 saturated carbocycles. The van der Waals surface area contributed by atoms with Gasteiger partial charge >= 0.3 is 0 Å². The molecular formula is C52H35NS. The van der Waals surface area contributed by atoms with Crippen molar-refractivity contribution >= 4 is 59.3 Å². The van der Waals surface area contributed by atoms with E-state index in [-0.39, 0.29) is 0 Å². The summed E-state index contributed by atoms with van der Waals surface area (Å²) in [6, 6.07) is 77.0. The van der Waals surface area contributed by atoms with E-state index >= 15 is 0 Å². The maximum absolute atomic E-state index is 2.36. The molecule has 0 aliphatic rings. The minimum atomic E-state index is 1.10. The van der Waals surface area contributed by atoms with Crippen LogP contribution in [0, 0.1) is 0 Å². The van der Waals surface area contributed by atoms with Gasteiger partial charge in [-0.1, -0.05) is 164 Å². The van der Waals surface area contributed by atoms with Crippen molar-refractivity contribution < 1.29 is 0 Å². The zero-order valence-corrected chi connectivity index (χ0v) is 30.4. The summed E-state index contributed by atoms with van der Waals surface area (Å²) >= 11 is 1.87. The molecule has 0 N–H and O–H groups in total. The molecule has 10 rings (SSSR count). The van der Waals surface area contributed by atoms with E-state index in [1.165, 1.54) is 75.5 Å². The molecule has 0 bridgehead atoms. The zero-order chi connectivity index (χ0) is 35.8. The van der Waals surface area contributed by atoms with Crippen molar-refractivity contribution in [1.29, 1.82) is 0 Å². The zero-order valence-electron chi connectivity index (χ0n) is 29.6. The lowest BCUT2D eigenvalue weighted by molar-refractivity contribution is 1.28. The maximum atomic E-state index is 2.36. The van der Waals surface area contributed by atoms with Crippen LogP contribution in [-0.4, -0.2) is 0 Å². The number of anilines is 3. The Kier molecular flexibility index (Phi) is 8.09. The molecule has 0 aliphatic carbocycles. The summed E-state index contributed by atoms with van der Waals surface area (Å²) in [7, 11) is 0. The van der Waals surface area contributed by atoms with Crippen LogP contribution >= 0.6 is 11.3 Å². The van der Waals surface area contributed by atoms with Crippen LogP contribution in [0.25, 0.3) is 75.5 Å². The third-order valence-corrected chi connectivity index (χ3v) is 11.6. The van der Waals surface area contributed by atoms with Crippen molar-refractivity contribution in [2.75, 3.05) is 4.90 Å². The van der Waals surface area contributed by atoms with Crippen LogP contribution in [0.2, 0.25) is 0 Å². The summed E-state index contributed by atoms with van der Waals surface area (Å²) in [5.74, 6) is 0. The molecule has 0 aliphatic heterocycles. The van der Waals surface area contributed by atoms with Crippen molar-refractivity contribution in [3.63, 3.8) is 0 Å². The quantitative estimate of drug-likeness (QED) is 0.160. The van der Waals surface area contributed by atoms with Crippen LogP contribution in [0.4, 0.5) is 17.1 Å². The van der Waals surface area contributed by atoms with E-state index in [1.54, 1.807) is 0 Å². The molecule has 54 heavy (non-hydrogen) atoms. The molecule has 9 aromatic carbocycles. The molecule has 2 heteroatoms. The Balaban J connectivity index is 1.11. The fraction of sp³-hybridized carbons (Fsp3) is 0. The Morgan fingerprint density at radius 1 is 0.296 bits per heavy atom. The van der Waals surface area contributed by atoms with E-state index in [1.807, 2.05) is 11.3 Å². The molecule has 0 amide bonds. The largest absolute Gasteiger partial charge is 0.311 e. The van der Waals surface area contributed by atoms with Crippen LogP contribution in [0.1, 0.15) is 0 Å². The van der Waals surface area contributed by atoms with Gasteiger partial charge in [0.05, 0.1) is 0 Å². The lowest BCUT2D eigenvalue weighted by Crippen LogP contribution is -2.09. The summed E-state index contributed by atoms with van der Waals surface area (Å²) in [5.41, 5.74) is 13.1. The molecule has 0 atom stereocenters. The molecule has 0 saturated heterocycles. The first-order valence-corrected chi connectivity index (χ1v) is 19.2. The number of fused-ring (bicyclic) bond motifs is 4. The van der Waals surface area contributed by atoms with Gasteiger partial charge < -0.3 is 4.90 Å². The number of hydrogen-bond acceptors (Lipinski definition) is 2. The number of hydrogen-bond donors (Lipinski definition) is 0. The topological polar surface area (TPSA) is 3.24 Å². The van der Waals surface area contributed by atoms with Crippen LogP contribution in [0.5, 0.6) is 0 Å². The van der Waals surface area contributed by atoms with Gasteiger partial charge in [-0.2, -0.15) is 0 Å². The normalized spacial score (nSPS) is 11.3. The van der Waals surface area contributed by atoms with Crippen LogP contribution in [-0.2, 0) is 0 Å². The highest BCUT2D eigenvalue weighted by Gasteiger charge is 2.19. The van der Waals surface area contributed by atoms with Crippen molar-refractivity contribution in [3.05, 3.63) is 212 Å². The van der Waals surface area contributed by atoms with Gasteiger partial charge in [0.15, 0.2) is 0 Å². The van der Waals surface area contributed by atoms with Gasteiger partial charge in [-0.15, -0.1) is 11.3 Å². The molecule has 0 fully saturated rings. The second kappa shape index (κ2) is 13.7. The van der Waals surface area contributed by atoms with E-state index in [2.05, 4.69) is 217 Å². The molecule has 254 valence electrons. The SMILES string of the molecule is c1ccc(-c2ccc(N(c3ccc(-c4ccccc4)cc3)c3ccc(-c4ccc5sc6ccccc6c5c4-c4cccc5ccccc45)cc3)cc2)cc1. The Morgan fingerprint density at radius 2 is 0.778 bits per heavy atom. The minimum Gasteiger partial charge on any atom is -0.311 e. The second-order valence-electron chi connectivity index (χ2n) is 13.7. The third-order valence-electron chi connectivity index (χ3n) is 10.5. The molecule has 1 heterocycles. The first-order chi connectivity index (χ1) is 26.8. The van der Waals surface area contributed by atoms with Gasteiger partial charge in [-0.3, -0.25) is 0 Å². The van der Waals surface area contributed by atoms with Crippen LogP contribution in [0.15, 0.2) is 212 Å². The molecule has 1 aromatic heterocycles. The Hall–Kier alpha value is -6.74. The molecule has 1 nitrogen and oxygen atoms in total. The summed E-state index contributed by atoms with van der Waals surface area (Å²) < 4.78 is 2.62. The van der Waals surface area contributed by atoms with Gasteiger partial charge in [0.1, 0.15) is 0 Å². The number of thiophene rings is 1. The van der Waals surface area contributed by atoms with E-state index in [9.17, 15) is 0 Å². The van der Waals surface area contributed by atoms with Crippen LogP contribution < -0.4 is 4.90 Å². The molecule has 10 aromatic rings. The summed E-state index contributed by atoms with van der Waals surface area (Å²) in [6.07, 6.45) is 0.